The van der Waals surface area contributed by atoms with Crippen molar-refractivity contribution in [3.8, 4) is 0 Å². The molecule has 0 saturated heterocycles. The molecule has 15 heavy (non-hydrogen) atoms. The van der Waals surface area contributed by atoms with Crippen LogP contribution in [0.25, 0.3) is 10.9 Å². The number of fused-ring (bicyclic) bond motifs is 1. The fraction of sp³-hybridized carbons (Fsp3) is 0.308. The predicted octanol–water partition coefficient (Wildman–Crippen LogP) is 2.79. The number of hydrogen-bond donors (Lipinski definition) is 1. The summed E-state index contributed by atoms with van der Waals surface area (Å²) in [6.07, 6.45) is 1.98. The normalized spacial score (nSPS) is 10.8. The largest absolute Gasteiger partial charge is 0.358 e. The molecule has 0 atom stereocenters. The van der Waals surface area contributed by atoms with Crippen LogP contribution in [0.4, 0.5) is 0 Å². The third-order valence-corrected chi connectivity index (χ3v) is 2.65. The third kappa shape index (κ3) is 1.80. The van der Waals surface area contributed by atoms with Gasteiger partial charge >= 0.3 is 0 Å². The summed E-state index contributed by atoms with van der Waals surface area (Å²) in [7, 11) is 0. The van der Waals surface area contributed by atoms with Crippen LogP contribution >= 0.6 is 0 Å². The van der Waals surface area contributed by atoms with Gasteiger partial charge < -0.3 is 4.98 Å². The molecule has 0 saturated carbocycles. The van der Waals surface area contributed by atoms with E-state index in [0.29, 0.717) is 0 Å². The summed E-state index contributed by atoms with van der Waals surface area (Å²) in [5.74, 6) is 0. The maximum absolute atomic E-state index is 11.8. The molecular formula is C13H15NO. The lowest BCUT2D eigenvalue weighted by Gasteiger charge is -2.05. The van der Waals surface area contributed by atoms with Crippen LogP contribution < -0.4 is 5.43 Å². The summed E-state index contributed by atoms with van der Waals surface area (Å²) < 4.78 is 0. The maximum atomic E-state index is 11.8. The van der Waals surface area contributed by atoms with Gasteiger partial charge in [0.05, 0.1) is 5.52 Å². The van der Waals surface area contributed by atoms with Crippen molar-refractivity contribution in [3.63, 3.8) is 0 Å². The van der Waals surface area contributed by atoms with Gasteiger partial charge in [0, 0.05) is 17.1 Å². The molecule has 0 aliphatic rings. The summed E-state index contributed by atoms with van der Waals surface area (Å²) >= 11 is 0. The zero-order chi connectivity index (χ0) is 10.8. The molecular weight excluding hydrogens is 186 g/mol. The molecule has 1 aromatic heterocycles. The quantitative estimate of drug-likeness (QED) is 0.796. The first kappa shape index (κ1) is 9.97. The highest BCUT2D eigenvalue weighted by atomic mass is 16.1. The van der Waals surface area contributed by atoms with E-state index >= 15 is 0 Å². The molecule has 1 aromatic carbocycles. The average Bonchev–Trinajstić information content (AvgIpc) is 2.20. The molecule has 0 amide bonds. The Morgan fingerprint density at radius 3 is 2.87 bits per heavy atom. The van der Waals surface area contributed by atoms with Gasteiger partial charge in [-0.15, -0.1) is 0 Å². The van der Waals surface area contributed by atoms with Gasteiger partial charge in [-0.25, -0.2) is 0 Å². The number of rotatable bonds is 2. The van der Waals surface area contributed by atoms with Crippen molar-refractivity contribution in [2.75, 3.05) is 0 Å². The highest BCUT2D eigenvalue weighted by molar-refractivity contribution is 5.81. The number of aromatic amines is 1. The van der Waals surface area contributed by atoms with E-state index in [1.54, 1.807) is 6.07 Å². The summed E-state index contributed by atoms with van der Waals surface area (Å²) in [6.45, 7) is 4.13. The van der Waals surface area contributed by atoms with Crippen molar-refractivity contribution in [1.82, 2.24) is 4.98 Å². The van der Waals surface area contributed by atoms with Gasteiger partial charge in [0.15, 0.2) is 5.43 Å². The van der Waals surface area contributed by atoms with Gasteiger partial charge in [-0.05, 0) is 25.0 Å². The first-order valence-electron chi connectivity index (χ1n) is 5.34. The lowest BCUT2D eigenvalue weighted by atomic mass is 10.1. The van der Waals surface area contributed by atoms with E-state index in [0.717, 1.165) is 35.0 Å². The van der Waals surface area contributed by atoms with E-state index in [1.807, 2.05) is 25.1 Å². The lowest BCUT2D eigenvalue weighted by molar-refractivity contribution is 0.887. The van der Waals surface area contributed by atoms with Gasteiger partial charge in [-0.3, -0.25) is 4.79 Å². The Morgan fingerprint density at radius 1 is 1.33 bits per heavy atom. The average molecular weight is 201 g/mol. The summed E-state index contributed by atoms with van der Waals surface area (Å²) in [5, 5.41) is 0.787. The molecule has 2 aromatic rings. The Balaban J connectivity index is 2.74. The Hall–Kier alpha value is -1.57. The smallest absolute Gasteiger partial charge is 0.189 e. The van der Waals surface area contributed by atoms with Crippen LogP contribution in [-0.2, 0) is 6.42 Å². The Labute approximate surface area is 89.0 Å². The molecule has 0 unspecified atom stereocenters. The molecule has 0 fully saturated rings. The third-order valence-electron chi connectivity index (χ3n) is 2.65. The van der Waals surface area contributed by atoms with Crippen LogP contribution in [0, 0.1) is 6.92 Å². The Morgan fingerprint density at radius 2 is 2.13 bits per heavy atom. The van der Waals surface area contributed by atoms with Crippen molar-refractivity contribution >= 4 is 10.9 Å². The fourth-order valence-electron chi connectivity index (χ4n) is 1.88. The van der Waals surface area contributed by atoms with Crippen LogP contribution in [-0.4, -0.2) is 4.98 Å². The van der Waals surface area contributed by atoms with Crippen LogP contribution in [0.3, 0.4) is 0 Å². The summed E-state index contributed by atoms with van der Waals surface area (Å²) in [4.78, 5) is 15.1. The number of benzene rings is 1. The summed E-state index contributed by atoms with van der Waals surface area (Å²) in [6, 6.07) is 7.53. The number of aryl methyl sites for hydroxylation is 2. The SMILES string of the molecule is CCCc1cc(=O)c2cccc(C)c2[nH]1. The van der Waals surface area contributed by atoms with E-state index in [2.05, 4.69) is 11.9 Å². The van der Waals surface area contributed by atoms with Gasteiger partial charge in [-0.1, -0.05) is 25.5 Å². The molecule has 2 nitrogen and oxygen atoms in total. The second-order valence-corrected chi connectivity index (χ2v) is 3.91. The van der Waals surface area contributed by atoms with Crippen molar-refractivity contribution in [2.45, 2.75) is 26.7 Å². The Kier molecular flexibility index (Phi) is 2.58. The highest BCUT2D eigenvalue weighted by Gasteiger charge is 2.02. The molecule has 1 heterocycles. The van der Waals surface area contributed by atoms with Crippen molar-refractivity contribution < 1.29 is 0 Å². The molecule has 2 rings (SSSR count). The minimum Gasteiger partial charge on any atom is -0.358 e. The second kappa shape index (κ2) is 3.89. The predicted molar refractivity (Wildman–Crippen MR) is 63.3 cm³/mol. The molecule has 0 aliphatic heterocycles. The van der Waals surface area contributed by atoms with Gasteiger partial charge in [0.2, 0.25) is 0 Å². The Bertz CT molecular complexity index is 540. The number of pyridine rings is 1. The fourth-order valence-corrected chi connectivity index (χ4v) is 1.88. The zero-order valence-electron chi connectivity index (χ0n) is 9.13. The maximum Gasteiger partial charge on any atom is 0.189 e. The second-order valence-electron chi connectivity index (χ2n) is 3.91. The van der Waals surface area contributed by atoms with E-state index < -0.39 is 0 Å². The monoisotopic (exact) mass is 201 g/mol. The van der Waals surface area contributed by atoms with E-state index in [9.17, 15) is 4.79 Å². The van der Waals surface area contributed by atoms with Gasteiger partial charge in [0.1, 0.15) is 0 Å². The van der Waals surface area contributed by atoms with E-state index in [1.165, 1.54) is 0 Å². The van der Waals surface area contributed by atoms with Crippen LogP contribution in [0.1, 0.15) is 24.6 Å². The molecule has 78 valence electrons. The number of para-hydroxylation sites is 1. The highest BCUT2D eigenvalue weighted by Crippen LogP contribution is 2.13. The number of nitrogens with one attached hydrogen (secondary N) is 1. The van der Waals surface area contributed by atoms with E-state index in [-0.39, 0.29) is 5.43 Å². The number of H-pyrrole nitrogens is 1. The molecule has 2 heteroatoms. The number of aromatic nitrogens is 1. The number of hydrogen-bond acceptors (Lipinski definition) is 1. The minimum absolute atomic E-state index is 0.121. The lowest BCUT2D eigenvalue weighted by Crippen LogP contribution is -2.05. The van der Waals surface area contributed by atoms with Crippen LogP contribution in [0.5, 0.6) is 0 Å². The van der Waals surface area contributed by atoms with Crippen LogP contribution in [0.15, 0.2) is 29.1 Å². The molecule has 0 aliphatic carbocycles. The van der Waals surface area contributed by atoms with Crippen LogP contribution in [0.2, 0.25) is 0 Å². The molecule has 1 N–H and O–H groups in total. The van der Waals surface area contributed by atoms with E-state index in [4.69, 9.17) is 0 Å². The first-order valence-corrected chi connectivity index (χ1v) is 5.34. The van der Waals surface area contributed by atoms with Crippen molar-refractivity contribution in [2.24, 2.45) is 0 Å². The van der Waals surface area contributed by atoms with Gasteiger partial charge in [0.25, 0.3) is 0 Å². The topological polar surface area (TPSA) is 32.9 Å². The molecule has 0 bridgehead atoms. The minimum atomic E-state index is 0.121. The molecule has 0 spiro atoms. The van der Waals surface area contributed by atoms with Crippen molar-refractivity contribution in [3.05, 3.63) is 45.7 Å². The van der Waals surface area contributed by atoms with Gasteiger partial charge in [-0.2, -0.15) is 0 Å². The summed E-state index contributed by atoms with van der Waals surface area (Å²) in [5.41, 5.74) is 3.26. The molecule has 0 radical (unpaired) electrons. The first-order chi connectivity index (χ1) is 7.22. The van der Waals surface area contributed by atoms with Crippen molar-refractivity contribution in [1.29, 1.82) is 0 Å². The standard InChI is InChI=1S/C13H15NO/c1-3-5-10-8-12(15)11-7-4-6-9(2)13(11)14-10/h4,6-8H,3,5H2,1-2H3,(H,14,15). The zero-order valence-corrected chi connectivity index (χ0v) is 9.13.